The molecule has 32 heavy (non-hydrogen) atoms. The summed E-state index contributed by atoms with van der Waals surface area (Å²) in [7, 11) is 1.50. The van der Waals surface area contributed by atoms with Gasteiger partial charge in [-0.05, 0) is 42.8 Å². The highest BCUT2D eigenvalue weighted by Crippen LogP contribution is 2.41. The molecule has 0 radical (unpaired) electrons. The monoisotopic (exact) mass is 440 g/mol. The Balaban J connectivity index is 1.88. The average molecular weight is 440 g/mol. The Morgan fingerprint density at radius 3 is 2.50 bits per heavy atom. The van der Waals surface area contributed by atoms with Crippen molar-refractivity contribution in [3.05, 3.63) is 53.3 Å². The number of benzene rings is 2. The van der Waals surface area contributed by atoms with E-state index < -0.39 is 17.9 Å². The van der Waals surface area contributed by atoms with E-state index in [9.17, 15) is 18.8 Å². The van der Waals surface area contributed by atoms with Gasteiger partial charge in [0.2, 0.25) is 5.91 Å². The molecular formula is C23H21FN2O6. The molecule has 1 unspecified atom stereocenters. The third-order valence-electron chi connectivity index (χ3n) is 5.62. The highest BCUT2D eigenvalue weighted by Gasteiger charge is 2.31. The maximum Gasteiger partial charge on any atom is 0.412 e. The fourth-order valence-corrected chi connectivity index (χ4v) is 4.08. The number of halogens is 1. The largest absolute Gasteiger partial charge is 0.496 e. The van der Waals surface area contributed by atoms with E-state index in [1.165, 1.54) is 38.3 Å². The highest BCUT2D eigenvalue weighted by molar-refractivity contribution is 6.11. The quantitative estimate of drug-likeness (QED) is 0.488. The number of carbonyl (C=O) groups excluding carboxylic acids is 3. The third-order valence-corrected chi connectivity index (χ3v) is 5.62. The van der Waals surface area contributed by atoms with Crippen LogP contribution in [0.3, 0.4) is 0 Å². The molecule has 1 fully saturated rings. The Morgan fingerprint density at radius 2 is 1.91 bits per heavy atom. The minimum Gasteiger partial charge on any atom is -0.496 e. The minimum atomic E-state index is -1.26. The lowest BCUT2D eigenvalue weighted by Gasteiger charge is -2.16. The maximum absolute atomic E-state index is 13.4. The van der Waals surface area contributed by atoms with E-state index in [-0.39, 0.29) is 23.1 Å². The van der Waals surface area contributed by atoms with Gasteiger partial charge in [0.1, 0.15) is 28.5 Å². The zero-order chi connectivity index (χ0) is 23.0. The fraction of sp³-hybridized carbons (Fsp3) is 0.261. The molecule has 166 valence electrons. The van der Waals surface area contributed by atoms with Gasteiger partial charge in [0.25, 0.3) is 0 Å². The number of esters is 1. The van der Waals surface area contributed by atoms with Gasteiger partial charge in [-0.25, -0.2) is 14.0 Å². The molecule has 3 aromatic rings. The summed E-state index contributed by atoms with van der Waals surface area (Å²) in [5.41, 5.74) is 6.62. The summed E-state index contributed by atoms with van der Waals surface area (Å²) < 4.78 is 29.6. The van der Waals surface area contributed by atoms with Crippen molar-refractivity contribution >= 4 is 28.9 Å². The number of nitrogens with zero attached hydrogens (tertiary/aromatic N) is 1. The van der Waals surface area contributed by atoms with E-state index in [2.05, 4.69) is 4.74 Å². The van der Waals surface area contributed by atoms with Gasteiger partial charge in [-0.3, -0.25) is 4.79 Å². The van der Waals surface area contributed by atoms with Crippen LogP contribution in [0.15, 0.2) is 40.8 Å². The normalized spacial score (nSPS) is 15.7. The molecule has 1 atom stereocenters. The first kappa shape index (κ1) is 21.4. The van der Waals surface area contributed by atoms with Crippen molar-refractivity contribution < 1.29 is 32.7 Å². The first-order valence-electron chi connectivity index (χ1n) is 9.96. The molecule has 1 aliphatic heterocycles. The molecule has 2 N–H and O–H groups in total. The topological polar surface area (TPSA) is 112 Å². The summed E-state index contributed by atoms with van der Waals surface area (Å²) in [4.78, 5) is 37.4. The van der Waals surface area contributed by atoms with Crippen LogP contribution in [0.2, 0.25) is 0 Å². The second kappa shape index (κ2) is 8.33. The molecule has 1 aromatic heterocycles. The first-order chi connectivity index (χ1) is 15.3. The van der Waals surface area contributed by atoms with E-state index in [0.717, 1.165) is 12.0 Å². The van der Waals surface area contributed by atoms with Gasteiger partial charge in [-0.2, -0.15) is 0 Å². The van der Waals surface area contributed by atoms with Gasteiger partial charge in [-0.1, -0.05) is 0 Å². The van der Waals surface area contributed by atoms with Crippen LogP contribution < -0.4 is 10.5 Å². The zero-order valence-electron chi connectivity index (χ0n) is 17.5. The second-order valence-corrected chi connectivity index (χ2v) is 7.56. The lowest BCUT2D eigenvalue weighted by Crippen LogP contribution is -2.25. The van der Waals surface area contributed by atoms with Crippen LogP contribution in [-0.4, -0.2) is 43.1 Å². The average Bonchev–Trinajstić information content (AvgIpc) is 3.37. The van der Waals surface area contributed by atoms with Crippen LogP contribution >= 0.6 is 0 Å². The number of amides is 2. The standard InChI is InChI=1S/C23H21FN2O6/c1-12(27)26-8-7-14(11-26)16-9-19-17(10-18(16)30-2)20(22(28)32-23(25)29)21(31-19)13-3-5-15(24)6-4-13/h3-6,9-10,14H,7-8,11H2,1-2H3,(H2,25,29). The number of hydrogen-bond donors (Lipinski definition) is 1. The number of furan rings is 1. The van der Waals surface area contributed by atoms with E-state index in [1.54, 1.807) is 17.0 Å². The molecule has 2 aromatic carbocycles. The summed E-state index contributed by atoms with van der Waals surface area (Å²) in [5.74, 6) is -0.797. The van der Waals surface area contributed by atoms with Crippen LogP contribution in [0.5, 0.6) is 5.75 Å². The van der Waals surface area contributed by atoms with Crippen molar-refractivity contribution in [2.24, 2.45) is 5.73 Å². The molecule has 0 bridgehead atoms. The van der Waals surface area contributed by atoms with Crippen LogP contribution in [0, 0.1) is 5.82 Å². The molecule has 0 spiro atoms. The number of primary amides is 1. The molecule has 0 aliphatic carbocycles. The summed E-state index contributed by atoms with van der Waals surface area (Å²) >= 11 is 0. The van der Waals surface area contributed by atoms with E-state index in [1.807, 2.05) is 0 Å². The number of ether oxygens (including phenoxy) is 2. The third kappa shape index (κ3) is 3.89. The smallest absolute Gasteiger partial charge is 0.412 e. The predicted molar refractivity (Wildman–Crippen MR) is 113 cm³/mol. The number of nitrogens with two attached hydrogens (primary N) is 1. The van der Waals surface area contributed by atoms with Gasteiger partial charge in [0.05, 0.1) is 7.11 Å². The van der Waals surface area contributed by atoms with Gasteiger partial charge in [-0.15, -0.1) is 0 Å². The molecular weight excluding hydrogens is 419 g/mol. The highest BCUT2D eigenvalue weighted by atomic mass is 19.1. The Labute approximate surface area is 182 Å². The Morgan fingerprint density at radius 1 is 1.19 bits per heavy atom. The van der Waals surface area contributed by atoms with Crippen LogP contribution in [0.25, 0.3) is 22.3 Å². The van der Waals surface area contributed by atoms with Crippen molar-refractivity contribution in [1.82, 2.24) is 4.90 Å². The second-order valence-electron chi connectivity index (χ2n) is 7.56. The predicted octanol–water partition coefficient (Wildman–Crippen LogP) is 3.82. The number of hydrogen-bond acceptors (Lipinski definition) is 6. The van der Waals surface area contributed by atoms with Crippen LogP contribution in [0.4, 0.5) is 9.18 Å². The van der Waals surface area contributed by atoms with Crippen molar-refractivity contribution in [3.63, 3.8) is 0 Å². The molecule has 1 aliphatic rings. The van der Waals surface area contributed by atoms with Gasteiger partial charge < -0.3 is 24.5 Å². The molecule has 0 saturated carbocycles. The lowest BCUT2D eigenvalue weighted by molar-refractivity contribution is -0.127. The fourth-order valence-electron chi connectivity index (χ4n) is 4.08. The molecule has 8 nitrogen and oxygen atoms in total. The van der Waals surface area contributed by atoms with Crippen molar-refractivity contribution in [3.8, 4) is 17.1 Å². The number of likely N-dealkylation sites (tertiary alicyclic amines) is 1. The number of methoxy groups -OCH3 is 1. The van der Waals surface area contributed by atoms with Gasteiger partial charge in [0.15, 0.2) is 0 Å². The Hall–Kier alpha value is -3.88. The van der Waals surface area contributed by atoms with Crippen LogP contribution in [-0.2, 0) is 9.53 Å². The summed E-state index contributed by atoms with van der Waals surface area (Å²) in [5, 5.41) is 0.359. The number of rotatable bonds is 4. The zero-order valence-corrected chi connectivity index (χ0v) is 17.5. The van der Waals surface area contributed by atoms with Gasteiger partial charge in [0, 0.05) is 42.4 Å². The van der Waals surface area contributed by atoms with Crippen molar-refractivity contribution in [2.75, 3.05) is 20.2 Å². The maximum atomic E-state index is 13.4. The SMILES string of the molecule is COc1cc2c(C(=O)OC(N)=O)c(-c3ccc(F)cc3)oc2cc1C1CCN(C(C)=O)C1. The van der Waals surface area contributed by atoms with E-state index in [0.29, 0.717) is 35.4 Å². The Kier molecular flexibility index (Phi) is 5.56. The Bertz CT molecular complexity index is 1220. The van der Waals surface area contributed by atoms with E-state index in [4.69, 9.17) is 14.9 Å². The summed E-state index contributed by atoms with van der Waals surface area (Å²) in [6.07, 6.45) is -0.503. The summed E-state index contributed by atoms with van der Waals surface area (Å²) in [6.45, 7) is 2.70. The van der Waals surface area contributed by atoms with Crippen molar-refractivity contribution in [2.45, 2.75) is 19.3 Å². The summed E-state index contributed by atoms with van der Waals surface area (Å²) in [6, 6.07) is 8.76. The molecule has 4 rings (SSSR count). The molecule has 2 amide bonds. The van der Waals surface area contributed by atoms with Crippen molar-refractivity contribution in [1.29, 1.82) is 0 Å². The van der Waals surface area contributed by atoms with Gasteiger partial charge >= 0.3 is 12.1 Å². The number of carbonyl (C=O) groups is 3. The molecule has 2 heterocycles. The minimum absolute atomic E-state index is 0.000577. The lowest BCUT2D eigenvalue weighted by atomic mass is 9.95. The molecule has 1 saturated heterocycles. The molecule has 9 heteroatoms. The number of fused-ring (bicyclic) bond motifs is 1. The van der Waals surface area contributed by atoms with E-state index >= 15 is 0 Å². The first-order valence-corrected chi connectivity index (χ1v) is 9.96. The van der Waals surface area contributed by atoms with Crippen LogP contribution in [0.1, 0.15) is 35.2 Å².